The van der Waals surface area contributed by atoms with Crippen LogP contribution in [0.1, 0.15) is 25.0 Å². The van der Waals surface area contributed by atoms with E-state index in [4.69, 9.17) is 9.47 Å². The van der Waals surface area contributed by atoms with Crippen molar-refractivity contribution in [3.05, 3.63) is 41.5 Å². The van der Waals surface area contributed by atoms with Crippen molar-refractivity contribution in [2.75, 3.05) is 12.4 Å². The number of fused-ring (bicyclic) bond motifs is 2. The van der Waals surface area contributed by atoms with Gasteiger partial charge in [-0.2, -0.15) is 0 Å². The molecular weight excluding hydrogens is 250 g/mol. The van der Waals surface area contributed by atoms with Crippen molar-refractivity contribution < 1.29 is 9.47 Å². The van der Waals surface area contributed by atoms with Crippen LogP contribution >= 0.6 is 0 Å². The van der Waals surface area contributed by atoms with Crippen molar-refractivity contribution in [1.29, 1.82) is 0 Å². The molecule has 20 heavy (non-hydrogen) atoms. The lowest BCUT2D eigenvalue weighted by Crippen LogP contribution is -2.07. The highest BCUT2D eigenvalue weighted by Gasteiger charge is 2.20. The molecule has 2 aromatic rings. The van der Waals surface area contributed by atoms with E-state index in [1.54, 1.807) is 7.11 Å². The Morgan fingerprint density at radius 1 is 1.05 bits per heavy atom. The van der Waals surface area contributed by atoms with E-state index in [2.05, 4.69) is 25.2 Å². The molecular formula is C17H19NO2. The maximum absolute atomic E-state index is 6.02. The zero-order valence-electron chi connectivity index (χ0n) is 12.1. The van der Waals surface area contributed by atoms with Gasteiger partial charge in [0.1, 0.15) is 5.75 Å². The van der Waals surface area contributed by atoms with Gasteiger partial charge in [-0.15, -0.1) is 0 Å². The molecule has 0 aliphatic carbocycles. The minimum absolute atomic E-state index is 0.801. The first-order valence-electron chi connectivity index (χ1n) is 7.04. The quantitative estimate of drug-likeness (QED) is 0.749. The number of ether oxygens (including phenoxy) is 2. The summed E-state index contributed by atoms with van der Waals surface area (Å²) < 4.78 is 11.3. The summed E-state index contributed by atoms with van der Waals surface area (Å²) in [5.74, 6) is 2.50. The average molecular weight is 269 g/mol. The van der Waals surface area contributed by atoms with Gasteiger partial charge in [-0.1, -0.05) is 19.9 Å². The summed E-state index contributed by atoms with van der Waals surface area (Å²) in [6, 6.07) is 10.0. The molecule has 0 atom stereocenters. The van der Waals surface area contributed by atoms with Gasteiger partial charge < -0.3 is 14.8 Å². The van der Waals surface area contributed by atoms with Crippen LogP contribution in [0.15, 0.2) is 30.3 Å². The monoisotopic (exact) mass is 269 g/mol. The van der Waals surface area contributed by atoms with Crippen molar-refractivity contribution in [3.8, 4) is 17.2 Å². The largest absolute Gasteiger partial charge is 0.497 e. The molecule has 0 radical (unpaired) electrons. The fraction of sp³-hybridized carbons (Fsp3) is 0.294. The number of nitrogens with one attached hydrogen (secondary N) is 1. The summed E-state index contributed by atoms with van der Waals surface area (Å²) >= 11 is 0. The Morgan fingerprint density at radius 3 is 2.60 bits per heavy atom. The van der Waals surface area contributed by atoms with Gasteiger partial charge in [0, 0.05) is 6.07 Å². The third kappa shape index (κ3) is 1.99. The minimum atomic E-state index is 0.801. The Balaban J connectivity index is 2.07. The SMILES string of the molecule is CCc1ccc2c(c1CC)Nc1ccc(OC)cc1O2. The molecule has 0 amide bonds. The molecule has 0 spiro atoms. The van der Waals surface area contributed by atoms with Gasteiger partial charge in [0.2, 0.25) is 0 Å². The fourth-order valence-corrected chi connectivity index (χ4v) is 2.70. The summed E-state index contributed by atoms with van der Waals surface area (Å²) in [7, 11) is 1.66. The van der Waals surface area contributed by atoms with Crippen LogP contribution in [0.2, 0.25) is 0 Å². The Bertz CT molecular complexity index is 650. The van der Waals surface area contributed by atoms with E-state index in [1.165, 1.54) is 11.1 Å². The molecule has 0 aromatic heterocycles. The van der Waals surface area contributed by atoms with Gasteiger partial charge >= 0.3 is 0 Å². The number of hydrogen-bond acceptors (Lipinski definition) is 3. The zero-order valence-corrected chi connectivity index (χ0v) is 12.1. The first-order chi connectivity index (χ1) is 9.76. The predicted octanol–water partition coefficient (Wildman–Crippen LogP) is 4.67. The Hall–Kier alpha value is -2.16. The van der Waals surface area contributed by atoms with Crippen LogP contribution in [0, 0.1) is 0 Å². The van der Waals surface area contributed by atoms with Crippen molar-refractivity contribution in [1.82, 2.24) is 0 Å². The van der Waals surface area contributed by atoms with E-state index in [-0.39, 0.29) is 0 Å². The van der Waals surface area contributed by atoms with Crippen LogP contribution in [-0.2, 0) is 12.8 Å². The Kier molecular flexibility index (Phi) is 3.26. The van der Waals surface area contributed by atoms with Gasteiger partial charge in [0.25, 0.3) is 0 Å². The molecule has 1 aliphatic rings. The van der Waals surface area contributed by atoms with Crippen LogP contribution in [0.4, 0.5) is 11.4 Å². The van der Waals surface area contributed by atoms with Gasteiger partial charge in [-0.25, -0.2) is 0 Å². The highest BCUT2D eigenvalue weighted by atomic mass is 16.5. The minimum Gasteiger partial charge on any atom is -0.497 e. The van der Waals surface area contributed by atoms with E-state index >= 15 is 0 Å². The topological polar surface area (TPSA) is 30.5 Å². The predicted molar refractivity (Wildman–Crippen MR) is 81.5 cm³/mol. The summed E-state index contributed by atoms with van der Waals surface area (Å²) in [4.78, 5) is 0. The van der Waals surface area contributed by atoms with Crippen molar-refractivity contribution in [2.24, 2.45) is 0 Å². The normalized spacial score (nSPS) is 11.9. The highest BCUT2D eigenvalue weighted by molar-refractivity contribution is 5.79. The molecule has 1 N–H and O–H groups in total. The molecule has 3 heteroatoms. The highest BCUT2D eigenvalue weighted by Crippen LogP contribution is 2.45. The number of hydrogen-bond donors (Lipinski definition) is 1. The number of anilines is 2. The van der Waals surface area contributed by atoms with Crippen molar-refractivity contribution in [2.45, 2.75) is 26.7 Å². The van der Waals surface area contributed by atoms with Crippen molar-refractivity contribution >= 4 is 11.4 Å². The molecule has 1 heterocycles. The molecule has 3 rings (SSSR count). The molecule has 0 unspecified atom stereocenters. The summed E-state index contributed by atoms with van der Waals surface area (Å²) in [5.41, 5.74) is 4.80. The molecule has 104 valence electrons. The second kappa shape index (κ2) is 5.08. The molecule has 3 nitrogen and oxygen atoms in total. The lowest BCUT2D eigenvalue weighted by molar-refractivity contribution is 0.409. The standard InChI is InChI=1S/C17H19NO2/c1-4-11-6-9-15-17(13(11)5-2)18-14-8-7-12(19-3)10-16(14)20-15/h6-10,18H,4-5H2,1-3H3. The lowest BCUT2D eigenvalue weighted by atomic mass is 9.99. The van der Waals surface area contributed by atoms with Gasteiger partial charge in [0.15, 0.2) is 11.5 Å². The van der Waals surface area contributed by atoms with Crippen LogP contribution in [0.3, 0.4) is 0 Å². The van der Waals surface area contributed by atoms with Gasteiger partial charge in [-0.05, 0) is 42.2 Å². The van der Waals surface area contributed by atoms with Crippen LogP contribution in [0.25, 0.3) is 0 Å². The summed E-state index contributed by atoms with van der Waals surface area (Å²) in [6.45, 7) is 4.36. The summed E-state index contributed by atoms with van der Waals surface area (Å²) in [6.07, 6.45) is 2.03. The second-order valence-electron chi connectivity index (χ2n) is 4.87. The fourth-order valence-electron chi connectivity index (χ4n) is 2.70. The number of rotatable bonds is 3. The van der Waals surface area contributed by atoms with E-state index in [0.717, 1.165) is 41.5 Å². The molecule has 0 saturated carbocycles. The molecule has 0 bridgehead atoms. The van der Waals surface area contributed by atoms with Crippen LogP contribution < -0.4 is 14.8 Å². The third-order valence-corrected chi connectivity index (χ3v) is 3.77. The van der Waals surface area contributed by atoms with E-state index in [9.17, 15) is 0 Å². The third-order valence-electron chi connectivity index (χ3n) is 3.77. The lowest BCUT2D eigenvalue weighted by Gasteiger charge is -2.25. The smallest absolute Gasteiger partial charge is 0.154 e. The van der Waals surface area contributed by atoms with Crippen LogP contribution in [0.5, 0.6) is 17.2 Å². The van der Waals surface area contributed by atoms with E-state index < -0.39 is 0 Å². The maximum atomic E-state index is 6.02. The van der Waals surface area contributed by atoms with Crippen LogP contribution in [-0.4, -0.2) is 7.11 Å². The van der Waals surface area contributed by atoms with E-state index in [0.29, 0.717) is 0 Å². The summed E-state index contributed by atoms with van der Waals surface area (Å²) in [5, 5.41) is 3.51. The first kappa shape index (κ1) is 12.9. The first-order valence-corrected chi connectivity index (χ1v) is 7.04. The molecule has 0 fully saturated rings. The average Bonchev–Trinajstić information content (AvgIpc) is 2.51. The zero-order chi connectivity index (χ0) is 14.1. The van der Waals surface area contributed by atoms with Crippen molar-refractivity contribution in [3.63, 3.8) is 0 Å². The van der Waals surface area contributed by atoms with Gasteiger partial charge in [-0.3, -0.25) is 0 Å². The number of benzene rings is 2. The molecule has 1 aliphatic heterocycles. The van der Waals surface area contributed by atoms with E-state index in [1.807, 2.05) is 24.3 Å². The van der Waals surface area contributed by atoms with Gasteiger partial charge in [0.05, 0.1) is 18.5 Å². The molecule has 0 saturated heterocycles. The number of aryl methyl sites for hydroxylation is 1. The second-order valence-corrected chi connectivity index (χ2v) is 4.87. The Labute approximate surface area is 119 Å². The number of methoxy groups -OCH3 is 1. The molecule has 2 aromatic carbocycles. The maximum Gasteiger partial charge on any atom is 0.154 e. The Morgan fingerprint density at radius 2 is 1.90 bits per heavy atom.